The maximum atomic E-state index is 10.4. The van der Waals surface area contributed by atoms with E-state index in [4.69, 9.17) is 11.6 Å². The van der Waals surface area contributed by atoms with Gasteiger partial charge in [0.05, 0.1) is 15.6 Å². The highest BCUT2D eigenvalue weighted by atomic mass is 35.5. The number of halogens is 1. The van der Waals surface area contributed by atoms with Gasteiger partial charge in [-0.25, -0.2) is 0 Å². The molecule has 0 radical (unpaired) electrons. The van der Waals surface area contributed by atoms with E-state index in [0.29, 0.717) is 17.3 Å². The molecule has 0 amide bonds. The van der Waals surface area contributed by atoms with E-state index in [-0.39, 0.29) is 5.69 Å². The molecule has 0 aliphatic heterocycles. The van der Waals surface area contributed by atoms with Crippen molar-refractivity contribution in [2.75, 3.05) is 11.9 Å². The lowest BCUT2D eigenvalue weighted by Gasteiger charge is -2.06. The molecule has 1 rings (SSSR count). The van der Waals surface area contributed by atoms with Crippen LogP contribution in [0, 0.1) is 10.1 Å². The Morgan fingerprint density at radius 1 is 1.60 bits per heavy atom. The second kappa shape index (κ2) is 5.36. The van der Waals surface area contributed by atoms with Crippen LogP contribution < -0.4 is 5.32 Å². The standard InChI is InChI=1S/C10H11ClN2O2/c1-2-3-6-12-10-5-4-8(13(14)15)7-9(10)11/h2,4-5,7,12H,1,3,6H2. The summed E-state index contributed by atoms with van der Waals surface area (Å²) in [7, 11) is 0. The summed E-state index contributed by atoms with van der Waals surface area (Å²) in [4.78, 5) is 9.97. The van der Waals surface area contributed by atoms with Crippen LogP contribution in [0.15, 0.2) is 30.9 Å². The summed E-state index contributed by atoms with van der Waals surface area (Å²) in [5.74, 6) is 0. The summed E-state index contributed by atoms with van der Waals surface area (Å²) in [6.07, 6.45) is 2.60. The Morgan fingerprint density at radius 2 is 2.33 bits per heavy atom. The number of benzene rings is 1. The van der Waals surface area contributed by atoms with Crippen LogP contribution in [0.1, 0.15) is 6.42 Å². The fraction of sp³-hybridized carbons (Fsp3) is 0.200. The molecule has 4 nitrogen and oxygen atoms in total. The Hall–Kier alpha value is -1.55. The fourth-order valence-corrected chi connectivity index (χ4v) is 1.31. The summed E-state index contributed by atoms with van der Waals surface area (Å²) >= 11 is 5.86. The lowest BCUT2D eigenvalue weighted by Crippen LogP contribution is -2.00. The minimum atomic E-state index is -0.473. The van der Waals surface area contributed by atoms with Gasteiger partial charge in [-0.15, -0.1) is 6.58 Å². The number of non-ortho nitro benzene ring substituents is 1. The van der Waals surface area contributed by atoms with Crippen LogP contribution >= 0.6 is 11.6 Å². The number of nitrogens with zero attached hydrogens (tertiary/aromatic N) is 1. The van der Waals surface area contributed by atoms with Gasteiger partial charge in [-0.3, -0.25) is 10.1 Å². The molecule has 0 bridgehead atoms. The lowest BCUT2D eigenvalue weighted by atomic mass is 10.2. The van der Waals surface area contributed by atoms with E-state index in [1.807, 2.05) is 0 Å². The van der Waals surface area contributed by atoms with Crippen molar-refractivity contribution in [1.29, 1.82) is 0 Å². The molecule has 0 fully saturated rings. The molecule has 15 heavy (non-hydrogen) atoms. The second-order valence-electron chi connectivity index (χ2n) is 2.93. The number of hydrogen-bond donors (Lipinski definition) is 1. The Kier molecular flexibility index (Phi) is 4.12. The van der Waals surface area contributed by atoms with Crippen LogP contribution in [0.2, 0.25) is 5.02 Å². The Bertz CT molecular complexity index is 380. The third-order valence-corrected chi connectivity index (χ3v) is 2.14. The van der Waals surface area contributed by atoms with Gasteiger partial charge in [0.25, 0.3) is 5.69 Å². The van der Waals surface area contributed by atoms with Crippen molar-refractivity contribution in [1.82, 2.24) is 0 Å². The van der Waals surface area contributed by atoms with Gasteiger partial charge in [0, 0.05) is 18.7 Å². The summed E-state index contributed by atoms with van der Waals surface area (Å²) in [6, 6.07) is 4.35. The zero-order valence-electron chi connectivity index (χ0n) is 8.07. The molecule has 0 atom stereocenters. The van der Waals surface area contributed by atoms with Crippen molar-refractivity contribution in [2.45, 2.75) is 6.42 Å². The highest BCUT2D eigenvalue weighted by molar-refractivity contribution is 6.33. The molecule has 80 valence electrons. The van der Waals surface area contributed by atoms with Gasteiger partial charge in [0.2, 0.25) is 0 Å². The van der Waals surface area contributed by atoms with E-state index in [1.165, 1.54) is 12.1 Å². The Morgan fingerprint density at radius 3 is 2.87 bits per heavy atom. The topological polar surface area (TPSA) is 55.2 Å². The summed E-state index contributed by atoms with van der Waals surface area (Å²) in [5.41, 5.74) is 0.693. The molecule has 0 aromatic heterocycles. The lowest BCUT2D eigenvalue weighted by molar-refractivity contribution is -0.384. The first-order valence-electron chi connectivity index (χ1n) is 4.44. The highest BCUT2D eigenvalue weighted by Gasteiger charge is 2.08. The molecule has 0 spiro atoms. The molecular weight excluding hydrogens is 216 g/mol. The van der Waals surface area contributed by atoms with Crippen LogP contribution in [0.4, 0.5) is 11.4 Å². The fourth-order valence-electron chi connectivity index (χ4n) is 1.07. The number of nitro benzene ring substituents is 1. The van der Waals surface area contributed by atoms with Crippen LogP contribution in [0.25, 0.3) is 0 Å². The third kappa shape index (κ3) is 3.25. The van der Waals surface area contributed by atoms with E-state index >= 15 is 0 Å². The van der Waals surface area contributed by atoms with Gasteiger partial charge < -0.3 is 5.32 Å². The molecule has 0 aliphatic carbocycles. The number of nitro groups is 1. The predicted molar refractivity (Wildman–Crippen MR) is 61.4 cm³/mol. The minimum absolute atomic E-state index is 0.00530. The third-order valence-electron chi connectivity index (χ3n) is 1.83. The predicted octanol–water partition coefficient (Wildman–Crippen LogP) is 3.24. The Balaban J connectivity index is 2.74. The normalized spacial score (nSPS) is 9.67. The van der Waals surface area contributed by atoms with Crippen LogP contribution in [-0.4, -0.2) is 11.5 Å². The zero-order valence-corrected chi connectivity index (χ0v) is 8.83. The molecule has 1 aromatic carbocycles. The van der Waals surface area contributed by atoms with Crippen molar-refractivity contribution in [2.24, 2.45) is 0 Å². The summed E-state index contributed by atoms with van der Waals surface area (Å²) in [6.45, 7) is 4.30. The van der Waals surface area contributed by atoms with Gasteiger partial charge in [-0.2, -0.15) is 0 Å². The quantitative estimate of drug-likeness (QED) is 0.363. The average molecular weight is 227 g/mol. The summed E-state index contributed by atoms with van der Waals surface area (Å²) < 4.78 is 0. The first kappa shape index (κ1) is 11.5. The van der Waals surface area contributed by atoms with Gasteiger partial charge in [0.15, 0.2) is 0 Å². The first-order valence-corrected chi connectivity index (χ1v) is 4.81. The van der Waals surface area contributed by atoms with E-state index in [2.05, 4.69) is 11.9 Å². The van der Waals surface area contributed by atoms with Gasteiger partial charge in [-0.05, 0) is 12.5 Å². The number of nitrogens with one attached hydrogen (secondary N) is 1. The molecule has 1 aromatic rings. The molecule has 0 saturated carbocycles. The molecule has 1 N–H and O–H groups in total. The number of rotatable bonds is 5. The molecule has 0 heterocycles. The van der Waals surface area contributed by atoms with Crippen molar-refractivity contribution in [3.63, 3.8) is 0 Å². The van der Waals surface area contributed by atoms with E-state index < -0.39 is 4.92 Å². The molecule has 0 aliphatic rings. The van der Waals surface area contributed by atoms with Crippen molar-refractivity contribution in [3.05, 3.63) is 46.0 Å². The SMILES string of the molecule is C=CCCNc1ccc([N+](=O)[O-])cc1Cl. The van der Waals surface area contributed by atoms with E-state index in [1.54, 1.807) is 12.1 Å². The monoisotopic (exact) mass is 226 g/mol. The maximum absolute atomic E-state index is 10.4. The van der Waals surface area contributed by atoms with Crippen molar-refractivity contribution < 1.29 is 4.92 Å². The summed E-state index contributed by atoms with van der Waals surface area (Å²) in [5, 5.41) is 13.8. The maximum Gasteiger partial charge on any atom is 0.271 e. The smallest absolute Gasteiger partial charge is 0.271 e. The zero-order chi connectivity index (χ0) is 11.3. The number of anilines is 1. The second-order valence-corrected chi connectivity index (χ2v) is 3.33. The molecule has 5 heteroatoms. The number of hydrogen-bond acceptors (Lipinski definition) is 3. The van der Waals surface area contributed by atoms with Crippen molar-refractivity contribution in [3.8, 4) is 0 Å². The molecular formula is C10H11ClN2O2. The molecule has 0 saturated heterocycles. The van der Waals surface area contributed by atoms with E-state index in [0.717, 1.165) is 6.42 Å². The van der Waals surface area contributed by atoms with E-state index in [9.17, 15) is 10.1 Å². The van der Waals surface area contributed by atoms with Crippen LogP contribution in [0.5, 0.6) is 0 Å². The molecule has 0 unspecified atom stereocenters. The van der Waals surface area contributed by atoms with Gasteiger partial charge in [-0.1, -0.05) is 17.7 Å². The first-order chi connectivity index (χ1) is 7.15. The van der Waals surface area contributed by atoms with Gasteiger partial charge in [0.1, 0.15) is 0 Å². The average Bonchev–Trinajstić information content (AvgIpc) is 2.20. The van der Waals surface area contributed by atoms with Crippen LogP contribution in [-0.2, 0) is 0 Å². The van der Waals surface area contributed by atoms with Crippen molar-refractivity contribution >= 4 is 23.0 Å². The van der Waals surface area contributed by atoms with Gasteiger partial charge >= 0.3 is 0 Å². The van der Waals surface area contributed by atoms with Crippen LogP contribution in [0.3, 0.4) is 0 Å². The largest absolute Gasteiger partial charge is 0.384 e. The highest BCUT2D eigenvalue weighted by Crippen LogP contribution is 2.26. The Labute approximate surface area is 92.7 Å². The minimum Gasteiger partial charge on any atom is -0.384 e.